The van der Waals surface area contributed by atoms with E-state index >= 15 is 0 Å². The molecule has 24 heavy (non-hydrogen) atoms. The second-order valence-corrected chi connectivity index (χ2v) is 10.1. The van der Waals surface area contributed by atoms with Crippen LogP contribution in [0.4, 0.5) is 0 Å². The van der Waals surface area contributed by atoms with Gasteiger partial charge in [0.1, 0.15) is 0 Å². The third-order valence-electron chi connectivity index (χ3n) is 6.33. The molecule has 2 atom stereocenters. The number of carbonyl (C=O) groups is 1. The Kier molecular flexibility index (Phi) is 5.23. The molecule has 2 heterocycles. The van der Waals surface area contributed by atoms with Gasteiger partial charge in [0.2, 0.25) is 0 Å². The van der Waals surface area contributed by atoms with E-state index in [1.54, 1.807) is 4.31 Å². The van der Waals surface area contributed by atoms with Crippen molar-refractivity contribution in [2.24, 2.45) is 17.3 Å². The molecule has 0 bridgehead atoms. The number of carboxylic acid groups (broad SMARTS) is 1. The average Bonchev–Trinajstić information content (AvgIpc) is 2.55. The van der Waals surface area contributed by atoms with E-state index < -0.39 is 22.1 Å². The molecule has 0 aromatic heterocycles. The number of nitrogens with zero attached hydrogens (tertiary/aromatic N) is 2. The quantitative estimate of drug-likeness (QED) is 0.840. The van der Waals surface area contributed by atoms with Gasteiger partial charge in [-0.25, -0.2) is 0 Å². The molecule has 0 aromatic carbocycles. The van der Waals surface area contributed by atoms with Crippen LogP contribution in [0.3, 0.4) is 0 Å². The summed E-state index contributed by atoms with van der Waals surface area (Å²) in [6.45, 7) is 3.66. The molecule has 0 radical (unpaired) electrons. The molecule has 6 nitrogen and oxygen atoms in total. The predicted molar refractivity (Wildman–Crippen MR) is 91.7 cm³/mol. The number of piperidine rings is 2. The van der Waals surface area contributed by atoms with Crippen LogP contribution in [0.5, 0.6) is 0 Å². The summed E-state index contributed by atoms with van der Waals surface area (Å²) in [5.74, 6) is -1.39. The molecule has 3 fully saturated rings. The Bertz CT molecular complexity index is 561. The molecule has 0 aromatic rings. The van der Waals surface area contributed by atoms with Gasteiger partial charge in [-0.2, -0.15) is 17.0 Å². The molecule has 2 aliphatic heterocycles. The Morgan fingerprint density at radius 3 is 2.21 bits per heavy atom. The van der Waals surface area contributed by atoms with Gasteiger partial charge in [0.25, 0.3) is 10.2 Å². The first-order chi connectivity index (χ1) is 11.3. The predicted octanol–water partition coefficient (Wildman–Crippen LogP) is 2.32. The Balaban J connectivity index is 1.66. The zero-order chi connectivity index (χ0) is 17.4. The molecule has 1 N–H and O–H groups in total. The van der Waals surface area contributed by atoms with Gasteiger partial charge in [-0.15, -0.1) is 0 Å². The van der Waals surface area contributed by atoms with Crippen LogP contribution in [0, 0.1) is 17.3 Å². The molecular formula is C17H30N2O4S. The first kappa shape index (κ1) is 18.1. The van der Waals surface area contributed by atoms with Gasteiger partial charge < -0.3 is 5.11 Å². The van der Waals surface area contributed by atoms with Crippen LogP contribution in [0.25, 0.3) is 0 Å². The normalized spacial score (nSPS) is 32.7. The minimum atomic E-state index is -3.54. The lowest BCUT2D eigenvalue weighted by Crippen LogP contribution is -2.53. The molecule has 1 saturated carbocycles. The van der Waals surface area contributed by atoms with Crippen LogP contribution in [0.15, 0.2) is 0 Å². The molecule has 0 amide bonds. The number of hydrogen-bond acceptors (Lipinski definition) is 3. The van der Waals surface area contributed by atoms with Gasteiger partial charge in [-0.1, -0.05) is 26.2 Å². The van der Waals surface area contributed by atoms with Crippen LogP contribution < -0.4 is 0 Å². The molecule has 138 valence electrons. The van der Waals surface area contributed by atoms with Gasteiger partial charge in [0.05, 0.1) is 5.92 Å². The maximum atomic E-state index is 13.0. The topological polar surface area (TPSA) is 77.9 Å². The highest BCUT2D eigenvalue weighted by molar-refractivity contribution is 7.86. The average molecular weight is 359 g/mol. The molecule has 2 saturated heterocycles. The first-order valence-corrected chi connectivity index (χ1v) is 10.7. The molecular weight excluding hydrogens is 328 g/mol. The second-order valence-electron chi connectivity index (χ2n) is 8.16. The maximum absolute atomic E-state index is 13.0. The molecule has 1 aliphatic carbocycles. The summed E-state index contributed by atoms with van der Waals surface area (Å²) in [5.41, 5.74) is 0.364. The lowest BCUT2D eigenvalue weighted by Gasteiger charge is -2.45. The van der Waals surface area contributed by atoms with E-state index in [4.69, 9.17) is 0 Å². The van der Waals surface area contributed by atoms with Gasteiger partial charge in [-0.3, -0.25) is 4.79 Å². The molecule has 1 spiro atoms. The lowest BCUT2D eigenvalue weighted by molar-refractivity contribution is -0.143. The van der Waals surface area contributed by atoms with E-state index in [2.05, 4.69) is 0 Å². The molecule has 7 heteroatoms. The van der Waals surface area contributed by atoms with E-state index in [0.29, 0.717) is 31.5 Å². The van der Waals surface area contributed by atoms with Crippen LogP contribution in [-0.2, 0) is 15.0 Å². The van der Waals surface area contributed by atoms with Crippen molar-refractivity contribution in [3.63, 3.8) is 0 Å². The Hall–Kier alpha value is -0.660. The first-order valence-electron chi connectivity index (χ1n) is 9.30. The van der Waals surface area contributed by atoms with Gasteiger partial charge in [0.15, 0.2) is 0 Å². The summed E-state index contributed by atoms with van der Waals surface area (Å²) >= 11 is 0. The highest BCUT2D eigenvalue weighted by Crippen LogP contribution is 2.45. The van der Waals surface area contributed by atoms with Crippen LogP contribution >= 0.6 is 0 Å². The van der Waals surface area contributed by atoms with Crippen molar-refractivity contribution in [2.45, 2.75) is 58.3 Å². The van der Waals surface area contributed by atoms with Crippen molar-refractivity contribution >= 4 is 16.2 Å². The van der Waals surface area contributed by atoms with E-state index in [0.717, 1.165) is 12.8 Å². The van der Waals surface area contributed by atoms with Crippen LogP contribution in [0.1, 0.15) is 58.3 Å². The van der Waals surface area contributed by atoms with Crippen LogP contribution in [0.2, 0.25) is 0 Å². The third-order valence-corrected chi connectivity index (χ3v) is 8.29. The number of rotatable bonds is 3. The summed E-state index contributed by atoms with van der Waals surface area (Å²) in [7, 11) is -3.54. The highest BCUT2D eigenvalue weighted by Gasteiger charge is 2.42. The third kappa shape index (κ3) is 3.63. The Labute approximate surface area is 145 Å². The minimum absolute atomic E-state index is 0.0871. The van der Waals surface area contributed by atoms with E-state index in [-0.39, 0.29) is 12.5 Å². The zero-order valence-corrected chi connectivity index (χ0v) is 15.4. The van der Waals surface area contributed by atoms with E-state index in [9.17, 15) is 18.3 Å². The summed E-state index contributed by atoms with van der Waals surface area (Å²) in [6.07, 6.45) is 8.81. The molecule has 2 unspecified atom stereocenters. The standard InChI is InChI=1S/C17H30N2O4S/c1-14-11-15(16(20)21)13-19(12-14)24(22,23)18-9-7-17(8-10-18)5-3-2-4-6-17/h14-15H,2-13H2,1H3,(H,20,21). The van der Waals surface area contributed by atoms with Crippen molar-refractivity contribution in [1.82, 2.24) is 8.61 Å². The van der Waals surface area contributed by atoms with Crippen molar-refractivity contribution in [1.29, 1.82) is 0 Å². The van der Waals surface area contributed by atoms with Gasteiger partial charge >= 0.3 is 5.97 Å². The minimum Gasteiger partial charge on any atom is -0.481 e. The summed E-state index contributed by atoms with van der Waals surface area (Å²) in [5, 5.41) is 9.28. The fraction of sp³-hybridized carbons (Fsp3) is 0.941. The summed E-state index contributed by atoms with van der Waals surface area (Å²) in [6, 6.07) is 0. The number of aliphatic carboxylic acids is 1. The maximum Gasteiger partial charge on any atom is 0.307 e. The van der Waals surface area contributed by atoms with Crippen molar-refractivity contribution < 1.29 is 18.3 Å². The fourth-order valence-corrected chi connectivity index (χ4v) is 6.61. The van der Waals surface area contributed by atoms with Crippen LogP contribution in [-0.4, -0.2) is 54.3 Å². The molecule has 3 rings (SSSR count). The SMILES string of the molecule is CC1CC(C(=O)O)CN(S(=O)(=O)N2CCC3(CCCCC3)CC2)C1. The van der Waals surface area contributed by atoms with E-state index in [1.807, 2.05) is 6.92 Å². The Morgan fingerprint density at radius 1 is 1.00 bits per heavy atom. The van der Waals surface area contributed by atoms with E-state index in [1.165, 1.54) is 36.4 Å². The summed E-state index contributed by atoms with van der Waals surface area (Å²) < 4.78 is 29.0. The largest absolute Gasteiger partial charge is 0.481 e. The highest BCUT2D eigenvalue weighted by atomic mass is 32.2. The van der Waals surface area contributed by atoms with Crippen molar-refractivity contribution in [3.8, 4) is 0 Å². The monoisotopic (exact) mass is 358 g/mol. The second kappa shape index (κ2) is 6.92. The number of carboxylic acids is 1. The van der Waals surface area contributed by atoms with Gasteiger partial charge in [0, 0.05) is 26.2 Å². The summed E-state index contributed by atoms with van der Waals surface area (Å²) in [4.78, 5) is 11.3. The fourth-order valence-electron chi connectivity index (χ4n) is 4.83. The zero-order valence-electron chi connectivity index (χ0n) is 14.6. The Morgan fingerprint density at radius 2 is 1.62 bits per heavy atom. The van der Waals surface area contributed by atoms with Gasteiger partial charge in [-0.05, 0) is 43.4 Å². The van der Waals surface area contributed by atoms with Crippen molar-refractivity contribution in [2.75, 3.05) is 26.2 Å². The number of hydrogen-bond donors (Lipinski definition) is 1. The lowest BCUT2D eigenvalue weighted by atomic mass is 9.68. The smallest absolute Gasteiger partial charge is 0.307 e. The van der Waals surface area contributed by atoms with Crippen molar-refractivity contribution in [3.05, 3.63) is 0 Å². The molecule has 3 aliphatic rings.